The van der Waals surface area contributed by atoms with Gasteiger partial charge in [-0.1, -0.05) is 0 Å². The summed E-state index contributed by atoms with van der Waals surface area (Å²) in [7, 11) is -4.60. The molecule has 0 amide bonds. The molecular weight excluding hydrogens is 271 g/mol. The highest BCUT2D eigenvalue weighted by Gasteiger charge is 2.42. The average molecular weight is 291 g/mol. The Morgan fingerprint density at radius 1 is 0.867 bits per heavy atom. The van der Waals surface area contributed by atoms with E-state index in [2.05, 4.69) is 0 Å². The van der Waals surface area contributed by atoms with Gasteiger partial charge in [0.1, 0.15) is 0 Å². The number of rotatable bonds is 8. The van der Waals surface area contributed by atoms with Crippen molar-refractivity contribution in [1.82, 2.24) is 0 Å². The van der Waals surface area contributed by atoms with Crippen LogP contribution in [0.4, 0.5) is 0 Å². The van der Waals surface area contributed by atoms with E-state index in [1.54, 1.807) is 0 Å². The van der Waals surface area contributed by atoms with Crippen molar-refractivity contribution < 1.29 is 13.0 Å². The van der Waals surface area contributed by atoms with Crippen LogP contribution in [0.1, 0.15) is 13.8 Å². The van der Waals surface area contributed by atoms with Gasteiger partial charge in [0.05, 0.1) is 11.0 Å². The maximum Gasteiger partial charge on any atom is 0.341 e. The Balaban J connectivity index is 4.47. The fourth-order valence-corrected chi connectivity index (χ4v) is 8.64. The molecule has 0 aliphatic carbocycles. The number of alkyl halides is 2. The smallest absolute Gasteiger partial charge is 0.341 e. The van der Waals surface area contributed by atoms with Crippen LogP contribution in [0.2, 0.25) is 13.1 Å². The Labute approximate surface area is 104 Å². The molecule has 0 aromatic carbocycles. The Hall–Kier alpha value is 0.894. The lowest BCUT2D eigenvalue weighted by Crippen LogP contribution is -2.55. The maximum atomic E-state index is 5.97. The molecule has 0 saturated carbocycles. The third-order valence-corrected chi connectivity index (χ3v) is 11.0. The molecule has 0 rings (SSSR count). The monoisotopic (exact) mass is 290 g/mol. The van der Waals surface area contributed by atoms with Gasteiger partial charge in [-0.2, -0.15) is 0 Å². The van der Waals surface area contributed by atoms with Crippen molar-refractivity contribution in [3.8, 4) is 0 Å². The fraction of sp³-hybridized carbons (Fsp3) is 1.00. The third-order valence-electron chi connectivity index (χ3n) is 1.82. The van der Waals surface area contributed by atoms with Crippen molar-refractivity contribution >= 4 is 40.3 Å². The average Bonchev–Trinajstić information content (AvgIpc) is 2.18. The number of hydrogen-bond donors (Lipinski definition) is 0. The van der Waals surface area contributed by atoms with Gasteiger partial charge in [-0.3, -0.25) is 0 Å². The molecule has 2 atom stereocenters. The van der Waals surface area contributed by atoms with Crippen molar-refractivity contribution in [2.75, 3.05) is 24.2 Å². The first-order valence-corrected chi connectivity index (χ1v) is 11.2. The lowest BCUT2D eigenvalue weighted by atomic mass is 10.9. The lowest BCUT2D eigenvalue weighted by molar-refractivity contribution is 0.206. The molecule has 0 aromatic rings. The van der Waals surface area contributed by atoms with E-state index in [0.29, 0.717) is 24.2 Å². The van der Waals surface area contributed by atoms with Crippen LogP contribution < -0.4 is 0 Å². The molecule has 2 unspecified atom stereocenters. The van der Waals surface area contributed by atoms with Gasteiger partial charge in [0.15, 0.2) is 0 Å². The van der Waals surface area contributed by atoms with Crippen LogP contribution >= 0.6 is 23.2 Å². The Bertz CT molecular complexity index is 169. The number of halogens is 2. The molecule has 92 valence electrons. The molecule has 0 aliphatic heterocycles. The zero-order chi connectivity index (χ0) is 11.9. The molecule has 0 fully saturated rings. The maximum absolute atomic E-state index is 5.97. The lowest BCUT2D eigenvalue weighted by Gasteiger charge is -2.34. The van der Waals surface area contributed by atoms with E-state index in [1.807, 2.05) is 26.9 Å². The first-order valence-electron chi connectivity index (χ1n) is 5.05. The van der Waals surface area contributed by atoms with Crippen LogP contribution in [-0.2, 0) is 13.0 Å². The predicted octanol–water partition coefficient (Wildman–Crippen LogP) is 2.78. The zero-order valence-corrected chi connectivity index (χ0v) is 13.3. The van der Waals surface area contributed by atoms with E-state index in [9.17, 15) is 0 Å². The molecule has 0 aliphatic rings. The SMILES string of the molecule is CCO[Si](C)(CCl)O[Si](C)(CCl)OCC. The van der Waals surface area contributed by atoms with Gasteiger partial charge in [0, 0.05) is 13.2 Å². The molecule has 0 radical (unpaired) electrons. The molecular formula is C8H20Cl2O3Si2. The first-order chi connectivity index (χ1) is 6.95. The minimum Gasteiger partial charge on any atom is -0.413 e. The molecule has 0 saturated heterocycles. The molecule has 15 heavy (non-hydrogen) atoms. The fourth-order valence-electron chi connectivity index (χ4n) is 1.26. The zero-order valence-electron chi connectivity index (χ0n) is 9.81. The summed E-state index contributed by atoms with van der Waals surface area (Å²) in [5.74, 6) is 0. The van der Waals surface area contributed by atoms with Gasteiger partial charge < -0.3 is 13.0 Å². The molecule has 3 nitrogen and oxygen atoms in total. The quantitative estimate of drug-likeness (QED) is 0.508. The summed E-state index contributed by atoms with van der Waals surface area (Å²) in [6.45, 7) is 8.96. The summed E-state index contributed by atoms with van der Waals surface area (Å²) in [5, 5.41) is 0. The molecule has 0 aromatic heterocycles. The van der Waals surface area contributed by atoms with Crippen LogP contribution in [0.3, 0.4) is 0 Å². The molecule has 0 bridgehead atoms. The van der Waals surface area contributed by atoms with Crippen molar-refractivity contribution in [2.45, 2.75) is 26.9 Å². The van der Waals surface area contributed by atoms with Crippen LogP contribution in [0.15, 0.2) is 0 Å². The summed E-state index contributed by atoms with van der Waals surface area (Å²) in [6, 6.07) is 0. The second kappa shape index (κ2) is 7.26. The van der Waals surface area contributed by atoms with E-state index in [1.165, 1.54) is 0 Å². The van der Waals surface area contributed by atoms with Crippen LogP contribution in [-0.4, -0.2) is 41.3 Å². The highest BCUT2D eigenvalue weighted by Crippen LogP contribution is 2.19. The van der Waals surface area contributed by atoms with Crippen molar-refractivity contribution in [3.05, 3.63) is 0 Å². The van der Waals surface area contributed by atoms with Crippen molar-refractivity contribution in [3.63, 3.8) is 0 Å². The van der Waals surface area contributed by atoms with Gasteiger partial charge in [0.2, 0.25) is 0 Å². The van der Waals surface area contributed by atoms with Crippen LogP contribution in [0.5, 0.6) is 0 Å². The van der Waals surface area contributed by atoms with E-state index >= 15 is 0 Å². The third kappa shape index (κ3) is 5.67. The van der Waals surface area contributed by atoms with Gasteiger partial charge in [0.25, 0.3) is 0 Å². The van der Waals surface area contributed by atoms with E-state index < -0.39 is 17.1 Å². The van der Waals surface area contributed by atoms with Crippen molar-refractivity contribution in [2.24, 2.45) is 0 Å². The van der Waals surface area contributed by atoms with Gasteiger partial charge in [-0.25, -0.2) is 0 Å². The Morgan fingerprint density at radius 3 is 1.40 bits per heavy atom. The predicted molar refractivity (Wildman–Crippen MR) is 69.0 cm³/mol. The Morgan fingerprint density at radius 2 is 1.20 bits per heavy atom. The summed E-state index contributed by atoms with van der Waals surface area (Å²) in [5.41, 5.74) is 0.792. The number of hydrogen-bond acceptors (Lipinski definition) is 3. The van der Waals surface area contributed by atoms with Crippen LogP contribution in [0.25, 0.3) is 0 Å². The highest BCUT2D eigenvalue weighted by molar-refractivity contribution is 6.85. The van der Waals surface area contributed by atoms with Crippen LogP contribution in [0, 0.1) is 0 Å². The molecule has 7 heteroatoms. The van der Waals surface area contributed by atoms with Gasteiger partial charge >= 0.3 is 17.1 Å². The van der Waals surface area contributed by atoms with E-state index in [-0.39, 0.29) is 0 Å². The minimum absolute atomic E-state index is 0.396. The van der Waals surface area contributed by atoms with E-state index in [0.717, 1.165) is 0 Å². The molecule has 0 spiro atoms. The largest absolute Gasteiger partial charge is 0.413 e. The van der Waals surface area contributed by atoms with Crippen molar-refractivity contribution in [1.29, 1.82) is 0 Å². The van der Waals surface area contributed by atoms with E-state index in [4.69, 9.17) is 36.2 Å². The molecule has 0 heterocycles. The van der Waals surface area contributed by atoms with Gasteiger partial charge in [-0.15, -0.1) is 23.2 Å². The first kappa shape index (κ1) is 15.9. The topological polar surface area (TPSA) is 27.7 Å². The highest BCUT2D eigenvalue weighted by atomic mass is 35.5. The summed E-state index contributed by atoms with van der Waals surface area (Å²) >= 11 is 11.8. The minimum atomic E-state index is -2.30. The normalized spacial score (nSPS) is 19.6. The second-order valence-electron chi connectivity index (χ2n) is 3.50. The standard InChI is InChI=1S/C8H20Cl2O3Si2/c1-5-11-14(3,7-9)13-15(4,8-10)12-6-2/h5-8H2,1-4H3. The summed E-state index contributed by atoms with van der Waals surface area (Å²) < 4.78 is 17.2. The summed E-state index contributed by atoms with van der Waals surface area (Å²) in [6.07, 6.45) is 0. The summed E-state index contributed by atoms with van der Waals surface area (Å²) in [4.78, 5) is 0. The Kier molecular flexibility index (Phi) is 7.70. The molecule has 0 N–H and O–H groups in total. The second-order valence-corrected chi connectivity index (χ2v) is 11.6. The van der Waals surface area contributed by atoms with Gasteiger partial charge in [-0.05, 0) is 26.9 Å².